The first kappa shape index (κ1) is 9.17. The minimum absolute atomic E-state index is 0. The second-order valence-corrected chi connectivity index (χ2v) is 2.19. The number of nitrogens with two attached hydrogens (primary N) is 2. The molecule has 0 unspecified atom stereocenters. The maximum Gasteiger partial charge on any atom is 0.0632 e. The molecule has 0 aliphatic carbocycles. The van der Waals surface area contributed by atoms with Crippen molar-refractivity contribution in [2.24, 2.45) is 11.5 Å². The van der Waals surface area contributed by atoms with Crippen LogP contribution in [0.5, 0.6) is 0 Å². The highest BCUT2D eigenvalue weighted by Crippen LogP contribution is 2.01. The standard InChI is InChI=1S/C5H12N2O.ClH/c6-4-1-2-8-3-5(4)7;/h4-5H,1-3,6-7H2;1H/t4-,5+;/m1./s1. The van der Waals surface area contributed by atoms with E-state index >= 15 is 0 Å². The maximum atomic E-state index is 5.57. The average molecular weight is 153 g/mol. The van der Waals surface area contributed by atoms with Crippen LogP contribution >= 0.6 is 12.4 Å². The van der Waals surface area contributed by atoms with Crippen molar-refractivity contribution in [3.8, 4) is 0 Å². The van der Waals surface area contributed by atoms with E-state index in [9.17, 15) is 0 Å². The summed E-state index contributed by atoms with van der Waals surface area (Å²) in [5, 5.41) is 0. The summed E-state index contributed by atoms with van der Waals surface area (Å²) in [7, 11) is 0. The molecule has 0 aromatic carbocycles. The first-order valence-electron chi connectivity index (χ1n) is 2.89. The first-order valence-corrected chi connectivity index (χ1v) is 2.89. The molecule has 4 N–H and O–H groups in total. The summed E-state index contributed by atoms with van der Waals surface area (Å²) in [5.41, 5.74) is 11.1. The Hall–Kier alpha value is 0.170. The zero-order chi connectivity index (χ0) is 5.98. The Morgan fingerprint density at radius 2 is 1.89 bits per heavy atom. The summed E-state index contributed by atoms with van der Waals surface area (Å²) < 4.78 is 5.05. The molecule has 0 saturated carbocycles. The van der Waals surface area contributed by atoms with Crippen LogP contribution in [0.1, 0.15) is 6.42 Å². The van der Waals surface area contributed by atoms with Gasteiger partial charge in [-0.15, -0.1) is 12.4 Å². The van der Waals surface area contributed by atoms with Gasteiger partial charge in [0.15, 0.2) is 0 Å². The molecule has 9 heavy (non-hydrogen) atoms. The average Bonchev–Trinajstić information content (AvgIpc) is 1.77. The molecule has 0 bridgehead atoms. The van der Waals surface area contributed by atoms with Gasteiger partial charge >= 0.3 is 0 Å². The Kier molecular flexibility index (Phi) is 4.14. The zero-order valence-corrected chi connectivity index (χ0v) is 6.06. The van der Waals surface area contributed by atoms with Crippen LogP contribution < -0.4 is 11.5 Å². The van der Waals surface area contributed by atoms with Crippen molar-refractivity contribution < 1.29 is 4.74 Å². The molecule has 1 fully saturated rings. The van der Waals surface area contributed by atoms with Gasteiger partial charge in [-0.3, -0.25) is 0 Å². The predicted molar refractivity (Wildman–Crippen MR) is 38.6 cm³/mol. The molecular weight excluding hydrogens is 140 g/mol. The Bertz CT molecular complexity index is 71.4. The lowest BCUT2D eigenvalue weighted by Crippen LogP contribution is -2.48. The molecule has 2 atom stereocenters. The van der Waals surface area contributed by atoms with Gasteiger partial charge in [0.2, 0.25) is 0 Å². The predicted octanol–water partition coefficient (Wildman–Crippen LogP) is -0.517. The van der Waals surface area contributed by atoms with E-state index in [-0.39, 0.29) is 24.5 Å². The Labute approximate surface area is 61.1 Å². The van der Waals surface area contributed by atoms with Crippen LogP contribution in [0.3, 0.4) is 0 Å². The smallest absolute Gasteiger partial charge is 0.0632 e. The third-order valence-electron chi connectivity index (χ3n) is 1.46. The highest BCUT2D eigenvalue weighted by molar-refractivity contribution is 5.85. The molecule has 1 heterocycles. The molecule has 0 aromatic heterocycles. The fourth-order valence-electron chi connectivity index (χ4n) is 0.777. The molecule has 0 amide bonds. The third-order valence-corrected chi connectivity index (χ3v) is 1.46. The van der Waals surface area contributed by atoms with Gasteiger partial charge in [-0.2, -0.15) is 0 Å². The highest BCUT2D eigenvalue weighted by Gasteiger charge is 2.17. The second kappa shape index (κ2) is 4.06. The van der Waals surface area contributed by atoms with Crippen LogP contribution in [-0.4, -0.2) is 25.3 Å². The Balaban J connectivity index is 0.000000640. The number of halogens is 1. The highest BCUT2D eigenvalue weighted by atomic mass is 35.5. The summed E-state index contributed by atoms with van der Waals surface area (Å²) in [6.07, 6.45) is 0.904. The zero-order valence-electron chi connectivity index (χ0n) is 5.25. The van der Waals surface area contributed by atoms with Crippen molar-refractivity contribution in [2.75, 3.05) is 13.2 Å². The van der Waals surface area contributed by atoms with Crippen LogP contribution in [-0.2, 0) is 4.74 Å². The lowest BCUT2D eigenvalue weighted by atomic mass is 10.1. The molecule has 0 aromatic rings. The number of ether oxygens (including phenoxy) is 1. The molecule has 1 aliphatic rings. The van der Waals surface area contributed by atoms with Gasteiger partial charge in [0.1, 0.15) is 0 Å². The van der Waals surface area contributed by atoms with E-state index in [1.807, 2.05) is 0 Å². The molecule has 1 aliphatic heterocycles. The number of rotatable bonds is 0. The largest absolute Gasteiger partial charge is 0.380 e. The molecular formula is C5H13ClN2O. The van der Waals surface area contributed by atoms with Crippen molar-refractivity contribution in [3.63, 3.8) is 0 Å². The van der Waals surface area contributed by atoms with Gasteiger partial charge in [-0.1, -0.05) is 0 Å². The minimum Gasteiger partial charge on any atom is -0.380 e. The quantitative estimate of drug-likeness (QED) is 0.491. The second-order valence-electron chi connectivity index (χ2n) is 2.19. The van der Waals surface area contributed by atoms with Gasteiger partial charge in [-0.25, -0.2) is 0 Å². The van der Waals surface area contributed by atoms with Gasteiger partial charge < -0.3 is 16.2 Å². The van der Waals surface area contributed by atoms with Crippen molar-refractivity contribution in [1.29, 1.82) is 0 Å². The van der Waals surface area contributed by atoms with Gasteiger partial charge in [0, 0.05) is 18.7 Å². The van der Waals surface area contributed by atoms with E-state index in [0.29, 0.717) is 6.61 Å². The SMILES string of the molecule is Cl.N[C@@H]1CCOC[C@@H]1N. The van der Waals surface area contributed by atoms with Crippen LogP contribution in [0.4, 0.5) is 0 Å². The van der Waals surface area contributed by atoms with Crippen LogP contribution in [0.15, 0.2) is 0 Å². The van der Waals surface area contributed by atoms with Crippen molar-refractivity contribution in [3.05, 3.63) is 0 Å². The molecule has 0 radical (unpaired) electrons. The maximum absolute atomic E-state index is 5.57. The van der Waals surface area contributed by atoms with E-state index in [0.717, 1.165) is 13.0 Å². The molecule has 1 saturated heterocycles. The number of hydrogen-bond acceptors (Lipinski definition) is 3. The van der Waals surface area contributed by atoms with Crippen LogP contribution in [0.25, 0.3) is 0 Å². The topological polar surface area (TPSA) is 61.3 Å². The van der Waals surface area contributed by atoms with E-state index in [4.69, 9.17) is 16.2 Å². The van der Waals surface area contributed by atoms with Crippen molar-refractivity contribution in [1.82, 2.24) is 0 Å². The Morgan fingerprint density at radius 1 is 1.22 bits per heavy atom. The Morgan fingerprint density at radius 3 is 2.22 bits per heavy atom. The number of hydrogen-bond donors (Lipinski definition) is 2. The van der Waals surface area contributed by atoms with Gasteiger partial charge in [-0.05, 0) is 6.42 Å². The molecule has 56 valence electrons. The van der Waals surface area contributed by atoms with Crippen LogP contribution in [0.2, 0.25) is 0 Å². The van der Waals surface area contributed by atoms with E-state index < -0.39 is 0 Å². The molecule has 0 spiro atoms. The summed E-state index contributed by atoms with van der Waals surface area (Å²) in [6, 6.07) is 0.215. The summed E-state index contributed by atoms with van der Waals surface area (Å²) in [5.74, 6) is 0. The lowest BCUT2D eigenvalue weighted by Gasteiger charge is -2.24. The van der Waals surface area contributed by atoms with Crippen molar-refractivity contribution in [2.45, 2.75) is 18.5 Å². The fraction of sp³-hybridized carbons (Fsp3) is 1.00. The summed E-state index contributed by atoms with van der Waals surface area (Å²) >= 11 is 0. The minimum atomic E-state index is 0. The normalized spacial score (nSPS) is 35.3. The summed E-state index contributed by atoms with van der Waals surface area (Å²) in [4.78, 5) is 0. The lowest BCUT2D eigenvalue weighted by molar-refractivity contribution is 0.0711. The van der Waals surface area contributed by atoms with E-state index in [1.54, 1.807) is 0 Å². The van der Waals surface area contributed by atoms with Gasteiger partial charge in [0.25, 0.3) is 0 Å². The van der Waals surface area contributed by atoms with Gasteiger partial charge in [0.05, 0.1) is 6.61 Å². The van der Waals surface area contributed by atoms with Crippen LogP contribution in [0, 0.1) is 0 Å². The molecule has 3 nitrogen and oxygen atoms in total. The fourth-order valence-corrected chi connectivity index (χ4v) is 0.777. The summed E-state index contributed by atoms with van der Waals surface area (Å²) in [6.45, 7) is 1.40. The third kappa shape index (κ3) is 2.49. The van der Waals surface area contributed by atoms with E-state index in [2.05, 4.69) is 0 Å². The monoisotopic (exact) mass is 152 g/mol. The first-order chi connectivity index (χ1) is 3.80. The molecule has 4 heteroatoms. The van der Waals surface area contributed by atoms with Crippen molar-refractivity contribution >= 4 is 12.4 Å². The molecule has 1 rings (SSSR count). The van der Waals surface area contributed by atoms with E-state index in [1.165, 1.54) is 0 Å².